The Morgan fingerprint density at radius 1 is 1.56 bits per heavy atom. The van der Waals surface area contributed by atoms with Gasteiger partial charge in [-0.15, -0.1) is 11.6 Å². The number of carboxylic acid groups (broad SMARTS) is 1. The number of hydrogen-bond acceptors (Lipinski definition) is 3. The zero-order valence-electron chi connectivity index (χ0n) is 8.90. The van der Waals surface area contributed by atoms with E-state index in [0.717, 1.165) is 11.3 Å². The van der Waals surface area contributed by atoms with Crippen molar-refractivity contribution < 1.29 is 15.0 Å². The largest absolute Gasteiger partial charge is 0.478 e. The molecule has 0 aliphatic heterocycles. The molecule has 0 aliphatic rings. The molecule has 1 aromatic carbocycles. The first-order valence-corrected chi connectivity index (χ1v) is 5.40. The highest BCUT2D eigenvalue weighted by molar-refractivity contribution is 6.18. The van der Waals surface area contributed by atoms with Gasteiger partial charge in [0.1, 0.15) is 0 Å². The minimum atomic E-state index is -0.949. The van der Waals surface area contributed by atoms with Gasteiger partial charge in [-0.1, -0.05) is 0 Å². The zero-order chi connectivity index (χ0) is 12.1. The third kappa shape index (κ3) is 3.40. The van der Waals surface area contributed by atoms with Gasteiger partial charge in [-0.25, -0.2) is 4.79 Å². The number of aliphatic hydroxyl groups is 1. The third-order valence-corrected chi connectivity index (χ3v) is 2.54. The Balaban J connectivity index is 2.72. The van der Waals surface area contributed by atoms with Gasteiger partial charge in [0.15, 0.2) is 0 Å². The van der Waals surface area contributed by atoms with E-state index in [4.69, 9.17) is 16.7 Å². The van der Waals surface area contributed by atoms with Gasteiger partial charge in [0.05, 0.1) is 17.5 Å². The second-order valence-corrected chi connectivity index (χ2v) is 3.83. The van der Waals surface area contributed by atoms with Crippen molar-refractivity contribution in [2.24, 2.45) is 0 Å². The molecule has 4 nitrogen and oxygen atoms in total. The van der Waals surface area contributed by atoms with E-state index in [2.05, 4.69) is 5.32 Å². The van der Waals surface area contributed by atoms with Crippen LogP contribution in [0.5, 0.6) is 0 Å². The number of rotatable bonds is 5. The molecule has 0 radical (unpaired) electrons. The number of nitrogens with one attached hydrogen (secondary N) is 1. The van der Waals surface area contributed by atoms with E-state index in [9.17, 15) is 9.90 Å². The minimum absolute atomic E-state index is 0.166. The second-order valence-electron chi connectivity index (χ2n) is 3.52. The summed E-state index contributed by atoms with van der Waals surface area (Å²) in [7, 11) is 0. The summed E-state index contributed by atoms with van der Waals surface area (Å²) in [6.07, 6.45) is -0.611. The molecule has 5 heteroatoms. The van der Waals surface area contributed by atoms with Gasteiger partial charge in [0, 0.05) is 12.2 Å². The monoisotopic (exact) mass is 243 g/mol. The maximum absolute atomic E-state index is 10.7. The fraction of sp³-hybridized carbons (Fsp3) is 0.364. The highest BCUT2D eigenvalue weighted by Gasteiger charge is 2.06. The summed E-state index contributed by atoms with van der Waals surface area (Å²) >= 11 is 5.46. The molecule has 16 heavy (non-hydrogen) atoms. The van der Waals surface area contributed by atoms with Crippen molar-refractivity contribution in [1.82, 2.24) is 0 Å². The molecule has 1 atom stereocenters. The Hall–Kier alpha value is -1.26. The number of aryl methyl sites for hydroxylation is 1. The molecule has 88 valence electrons. The lowest BCUT2D eigenvalue weighted by Crippen LogP contribution is -2.21. The maximum Gasteiger partial charge on any atom is 0.335 e. The number of alkyl halides is 1. The summed E-state index contributed by atoms with van der Waals surface area (Å²) in [5.41, 5.74) is 1.87. The molecular weight excluding hydrogens is 230 g/mol. The number of aliphatic hydroxyl groups excluding tert-OH is 1. The van der Waals surface area contributed by atoms with Crippen LogP contribution in [0.3, 0.4) is 0 Å². The molecule has 0 amide bonds. The smallest absolute Gasteiger partial charge is 0.335 e. The van der Waals surface area contributed by atoms with E-state index in [-0.39, 0.29) is 11.4 Å². The van der Waals surface area contributed by atoms with Crippen LogP contribution in [0.25, 0.3) is 0 Å². The minimum Gasteiger partial charge on any atom is -0.478 e. The lowest BCUT2D eigenvalue weighted by atomic mass is 10.1. The average Bonchev–Trinajstić information content (AvgIpc) is 2.26. The summed E-state index contributed by atoms with van der Waals surface area (Å²) in [4.78, 5) is 10.7. The third-order valence-electron chi connectivity index (χ3n) is 2.18. The SMILES string of the molecule is Cc1cc(C(=O)O)ccc1NCC(O)CCl. The molecule has 1 unspecified atom stereocenters. The first-order valence-electron chi connectivity index (χ1n) is 4.86. The van der Waals surface area contributed by atoms with Crippen LogP contribution in [0.1, 0.15) is 15.9 Å². The number of hydrogen-bond donors (Lipinski definition) is 3. The van der Waals surface area contributed by atoms with Crippen LogP contribution in [0.4, 0.5) is 5.69 Å². The Morgan fingerprint density at radius 3 is 2.75 bits per heavy atom. The Morgan fingerprint density at radius 2 is 2.25 bits per heavy atom. The fourth-order valence-electron chi connectivity index (χ4n) is 1.28. The lowest BCUT2D eigenvalue weighted by molar-refractivity contribution is 0.0697. The van der Waals surface area contributed by atoms with Gasteiger partial charge >= 0.3 is 5.97 Å². The van der Waals surface area contributed by atoms with Crippen LogP contribution in [-0.4, -0.2) is 34.7 Å². The molecule has 0 heterocycles. The van der Waals surface area contributed by atoms with E-state index in [1.54, 1.807) is 12.1 Å². The molecule has 1 rings (SSSR count). The highest BCUT2D eigenvalue weighted by Crippen LogP contribution is 2.16. The molecule has 0 spiro atoms. The van der Waals surface area contributed by atoms with Crippen LogP contribution < -0.4 is 5.32 Å². The van der Waals surface area contributed by atoms with Gasteiger partial charge in [0.25, 0.3) is 0 Å². The van der Waals surface area contributed by atoms with Crippen molar-refractivity contribution in [3.63, 3.8) is 0 Å². The van der Waals surface area contributed by atoms with Crippen molar-refractivity contribution in [2.45, 2.75) is 13.0 Å². The van der Waals surface area contributed by atoms with Crippen molar-refractivity contribution in [2.75, 3.05) is 17.7 Å². The molecular formula is C11H14ClNO3. The van der Waals surface area contributed by atoms with E-state index >= 15 is 0 Å². The molecule has 0 saturated carbocycles. The highest BCUT2D eigenvalue weighted by atomic mass is 35.5. The first kappa shape index (κ1) is 12.8. The van der Waals surface area contributed by atoms with Gasteiger partial charge in [-0.2, -0.15) is 0 Å². The Labute approximate surface area is 98.9 Å². The number of anilines is 1. The molecule has 0 bridgehead atoms. The number of aromatic carboxylic acids is 1. The predicted octanol–water partition coefficient (Wildman–Crippen LogP) is 1.70. The summed E-state index contributed by atoms with van der Waals surface area (Å²) < 4.78 is 0. The molecule has 3 N–H and O–H groups in total. The fourth-order valence-corrected chi connectivity index (χ4v) is 1.39. The molecule has 1 aromatic rings. The summed E-state index contributed by atoms with van der Waals surface area (Å²) in [6.45, 7) is 2.15. The van der Waals surface area contributed by atoms with Gasteiger partial charge < -0.3 is 15.5 Å². The number of carboxylic acids is 1. The first-order chi connectivity index (χ1) is 7.54. The Bertz CT molecular complexity index is 381. The van der Waals surface area contributed by atoms with Gasteiger partial charge in [-0.3, -0.25) is 0 Å². The van der Waals surface area contributed by atoms with E-state index in [1.165, 1.54) is 6.07 Å². The van der Waals surface area contributed by atoms with Crippen LogP contribution >= 0.6 is 11.6 Å². The lowest BCUT2D eigenvalue weighted by Gasteiger charge is -2.12. The van der Waals surface area contributed by atoms with Crippen molar-refractivity contribution in [1.29, 1.82) is 0 Å². The van der Waals surface area contributed by atoms with Gasteiger partial charge in [0.2, 0.25) is 0 Å². The van der Waals surface area contributed by atoms with E-state index in [1.807, 2.05) is 6.92 Å². The van der Waals surface area contributed by atoms with Crippen molar-refractivity contribution in [3.05, 3.63) is 29.3 Å². The van der Waals surface area contributed by atoms with Gasteiger partial charge in [-0.05, 0) is 30.7 Å². The second kappa shape index (κ2) is 5.72. The summed E-state index contributed by atoms with van der Waals surface area (Å²) in [5, 5.41) is 21.0. The molecule has 0 aliphatic carbocycles. The average molecular weight is 244 g/mol. The number of halogens is 1. The number of carbonyl (C=O) groups is 1. The number of benzene rings is 1. The zero-order valence-corrected chi connectivity index (χ0v) is 9.66. The van der Waals surface area contributed by atoms with Crippen molar-refractivity contribution in [3.8, 4) is 0 Å². The molecule has 0 saturated heterocycles. The quantitative estimate of drug-likeness (QED) is 0.689. The topological polar surface area (TPSA) is 69.6 Å². The van der Waals surface area contributed by atoms with Crippen LogP contribution in [0.2, 0.25) is 0 Å². The van der Waals surface area contributed by atoms with Crippen LogP contribution in [0, 0.1) is 6.92 Å². The van der Waals surface area contributed by atoms with Crippen LogP contribution in [-0.2, 0) is 0 Å². The van der Waals surface area contributed by atoms with E-state index < -0.39 is 12.1 Å². The standard InChI is InChI=1S/C11H14ClNO3/c1-7-4-8(11(15)16)2-3-10(7)13-6-9(14)5-12/h2-4,9,13-14H,5-6H2,1H3,(H,15,16). The van der Waals surface area contributed by atoms with E-state index in [0.29, 0.717) is 6.54 Å². The van der Waals surface area contributed by atoms with Crippen LogP contribution in [0.15, 0.2) is 18.2 Å². The summed E-state index contributed by atoms with van der Waals surface area (Å²) in [5.74, 6) is -0.783. The molecule has 0 fully saturated rings. The Kier molecular flexibility index (Phi) is 4.58. The predicted molar refractivity (Wildman–Crippen MR) is 63.4 cm³/mol. The normalized spacial score (nSPS) is 12.2. The maximum atomic E-state index is 10.7. The van der Waals surface area contributed by atoms with Crippen molar-refractivity contribution >= 4 is 23.3 Å². The molecule has 0 aromatic heterocycles. The summed E-state index contributed by atoms with van der Waals surface area (Å²) in [6, 6.07) is 4.78.